The molecule has 2 N–H and O–H groups in total. The Labute approximate surface area is 152 Å². The number of thiazole rings is 1. The highest BCUT2D eigenvalue weighted by Crippen LogP contribution is 2.27. The monoisotopic (exact) mass is 359 g/mol. The molecule has 1 unspecified atom stereocenters. The van der Waals surface area contributed by atoms with Gasteiger partial charge in [-0.1, -0.05) is 30.3 Å². The summed E-state index contributed by atoms with van der Waals surface area (Å²) in [5, 5.41) is 2.87. The van der Waals surface area contributed by atoms with Crippen molar-refractivity contribution < 1.29 is 9.53 Å². The van der Waals surface area contributed by atoms with E-state index in [-0.39, 0.29) is 24.0 Å². The molecule has 5 nitrogen and oxygen atoms in total. The zero-order valence-corrected chi connectivity index (χ0v) is 15.5. The lowest BCUT2D eigenvalue weighted by Crippen LogP contribution is -2.33. The predicted octanol–water partition coefficient (Wildman–Crippen LogP) is 2.74. The van der Waals surface area contributed by atoms with Gasteiger partial charge in [-0.05, 0) is 19.4 Å². The second-order valence-corrected chi connectivity index (χ2v) is 7.32. The van der Waals surface area contributed by atoms with Crippen molar-refractivity contribution in [1.82, 2.24) is 9.88 Å². The molecule has 6 heteroatoms. The van der Waals surface area contributed by atoms with Gasteiger partial charge in [-0.25, -0.2) is 4.98 Å². The molecular formula is C19H25N3O2S. The summed E-state index contributed by atoms with van der Waals surface area (Å²) in [6, 6.07) is 10.2. The number of nitrogens with zero attached hydrogens (tertiary/aromatic N) is 2. The second kappa shape index (κ2) is 8.08. The highest BCUT2D eigenvalue weighted by molar-refractivity contribution is 7.09. The van der Waals surface area contributed by atoms with Crippen molar-refractivity contribution in [3.8, 4) is 0 Å². The number of likely N-dealkylation sites (tertiary alicyclic amines) is 1. The zero-order chi connectivity index (χ0) is 17.8. The average Bonchev–Trinajstić information content (AvgIpc) is 3.23. The highest BCUT2D eigenvalue weighted by atomic mass is 32.1. The summed E-state index contributed by atoms with van der Waals surface area (Å²) in [4.78, 5) is 19.1. The van der Waals surface area contributed by atoms with E-state index in [1.807, 2.05) is 42.3 Å². The van der Waals surface area contributed by atoms with Crippen LogP contribution in [0.15, 0.2) is 35.7 Å². The molecule has 0 saturated carbocycles. The second-order valence-electron chi connectivity index (χ2n) is 6.43. The summed E-state index contributed by atoms with van der Waals surface area (Å²) in [5.74, 6) is 0.295. The smallest absolute Gasteiger partial charge is 0.228 e. The van der Waals surface area contributed by atoms with Gasteiger partial charge in [-0.15, -0.1) is 11.3 Å². The number of amides is 1. The molecule has 1 aliphatic heterocycles. The third-order valence-corrected chi connectivity index (χ3v) is 5.67. The summed E-state index contributed by atoms with van der Waals surface area (Å²) in [6.07, 6.45) is 0.297. The topological polar surface area (TPSA) is 68.5 Å². The Hall–Kier alpha value is -1.76. The van der Waals surface area contributed by atoms with Crippen LogP contribution in [0, 0.1) is 0 Å². The van der Waals surface area contributed by atoms with Crippen LogP contribution in [0.4, 0.5) is 0 Å². The van der Waals surface area contributed by atoms with Crippen LogP contribution in [0.5, 0.6) is 0 Å². The molecule has 0 spiro atoms. The van der Waals surface area contributed by atoms with Crippen molar-refractivity contribution in [3.05, 3.63) is 52.0 Å². The molecule has 0 radical (unpaired) electrons. The van der Waals surface area contributed by atoms with Crippen molar-refractivity contribution in [1.29, 1.82) is 0 Å². The van der Waals surface area contributed by atoms with Gasteiger partial charge in [0.05, 0.1) is 12.1 Å². The first-order valence-corrected chi connectivity index (χ1v) is 9.60. The molecule has 25 heavy (non-hydrogen) atoms. The van der Waals surface area contributed by atoms with Gasteiger partial charge in [0.15, 0.2) is 0 Å². The van der Waals surface area contributed by atoms with Crippen molar-refractivity contribution in [2.24, 2.45) is 5.73 Å². The lowest BCUT2D eigenvalue weighted by molar-refractivity contribution is -0.129. The van der Waals surface area contributed by atoms with E-state index >= 15 is 0 Å². The van der Waals surface area contributed by atoms with Crippen LogP contribution >= 0.6 is 11.3 Å². The summed E-state index contributed by atoms with van der Waals surface area (Å²) < 4.78 is 5.56. The van der Waals surface area contributed by atoms with Gasteiger partial charge in [0.1, 0.15) is 11.1 Å². The summed E-state index contributed by atoms with van der Waals surface area (Å²) in [6.45, 7) is 5.88. The molecule has 1 aliphatic rings. The maximum Gasteiger partial charge on any atom is 0.228 e. The van der Waals surface area contributed by atoms with E-state index in [1.165, 1.54) is 5.56 Å². The van der Waals surface area contributed by atoms with Crippen LogP contribution in [-0.4, -0.2) is 41.5 Å². The molecule has 3 atom stereocenters. The molecule has 3 rings (SSSR count). The molecule has 1 fully saturated rings. The lowest BCUT2D eigenvalue weighted by atomic mass is 9.95. The Balaban J connectivity index is 1.61. The van der Waals surface area contributed by atoms with Crippen LogP contribution in [0.3, 0.4) is 0 Å². The van der Waals surface area contributed by atoms with E-state index in [0.717, 1.165) is 10.7 Å². The standard InChI is InChI=1S/C19H25N3O2S/c1-3-24-13(2)19-21-15(12-25-19)9-18(23)22-10-16(17(20)11-22)14-7-5-4-6-8-14/h4-8,12-13,16-17H,3,9-11,20H2,1-2H3/t13?,16-,17+/m0/s1. The molecule has 0 aliphatic carbocycles. The number of benzene rings is 1. The first kappa shape index (κ1) is 18.0. The number of rotatable bonds is 6. The minimum Gasteiger partial charge on any atom is -0.372 e. The molecular weight excluding hydrogens is 334 g/mol. The Morgan fingerprint density at radius 2 is 2.16 bits per heavy atom. The number of nitrogens with two attached hydrogens (primary N) is 1. The molecule has 0 bridgehead atoms. The molecule has 2 heterocycles. The maximum absolute atomic E-state index is 12.6. The van der Waals surface area contributed by atoms with E-state index in [0.29, 0.717) is 26.1 Å². The van der Waals surface area contributed by atoms with Gasteiger partial charge >= 0.3 is 0 Å². The van der Waals surface area contributed by atoms with Crippen molar-refractivity contribution in [3.63, 3.8) is 0 Å². The van der Waals surface area contributed by atoms with Gasteiger partial charge in [-0.2, -0.15) is 0 Å². The number of carbonyl (C=O) groups excluding carboxylic acids is 1. The van der Waals surface area contributed by atoms with E-state index in [4.69, 9.17) is 10.5 Å². The predicted molar refractivity (Wildman–Crippen MR) is 99.6 cm³/mol. The fourth-order valence-corrected chi connectivity index (χ4v) is 4.09. The van der Waals surface area contributed by atoms with E-state index in [2.05, 4.69) is 17.1 Å². The highest BCUT2D eigenvalue weighted by Gasteiger charge is 2.33. The van der Waals surface area contributed by atoms with Gasteiger partial charge in [0.2, 0.25) is 5.91 Å². The lowest BCUT2D eigenvalue weighted by Gasteiger charge is -2.16. The number of carbonyl (C=O) groups is 1. The van der Waals surface area contributed by atoms with E-state index < -0.39 is 0 Å². The fraction of sp³-hybridized carbons (Fsp3) is 0.474. The maximum atomic E-state index is 12.6. The van der Waals surface area contributed by atoms with Gasteiger partial charge < -0.3 is 15.4 Å². The number of hydrogen-bond donors (Lipinski definition) is 1. The number of hydrogen-bond acceptors (Lipinski definition) is 5. The van der Waals surface area contributed by atoms with Crippen LogP contribution < -0.4 is 5.73 Å². The minimum atomic E-state index is -0.0264. The molecule has 1 amide bonds. The van der Waals surface area contributed by atoms with Crippen LogP contribution in [0.25, 0.3) is 0 Å². The average molecular weight is 359 g/mol. The minimum absolute atomic E-state index is 0.0182. The van der Waals surface area contributed by atoms with Crippen molar-refractivity contribution in [2.75, 3.05) is 19.7 Å². The summed E-state index contributed by atoms with van der Waals surface area (Å²) in [5.41, 5.74) is 8.30. The van der Waals surface area contributed by atoms with Crippen LogP contribution in [-0.2, 0) is 16.0 Å². The van der Waals surface area contributed by atoms with Gasteiger partial charge in [-0.3, -0.25) is 4.79 Å². The third kappa shape index (κ3) is 4.26. The Morgan fingerprint density at radius 1 is 1.40 bits per heavy atom. The van der Waals surface area contributed by atoms with E-state index in [1.54, 1.807) is 11.3 Å². The largest absolute Gasteiger partial charge is 0.372 e. The number of aromatic nitrogens is 1. The van der Waals surface area contributed by atoms with E-state index in [9.17, 15) is 4.79 Å². The SMILES string of the molecule is CCOC(C)c1nc(CC(=O)N2C[C@@H](N)[C@H](c3ccccc3)C2)cs1. The molecule has 1 aromatic carbocycles. The van der Waals surface area contributed by atoms with Crippen molar-refractivity contribution >= 4 is 17.2 Å². The Bertz CT molecular complexity index is 704. The molecule has 134 valence electrons. The van der Waals surface area contributed by atoms with Crippen LogP contribution in [0.1, 0.15) is 42.1 Å². The Kier molecular flexibility index (Phi) is 5.83. The molecule has 1 saturated heterocycles. The van der Waals surface area contributed by atoms with Crippen LogP contribution in [0.2, 0.25) is 0 Å². The summed E-state index contributed by atoms with van der Waals surface area (Å²) >= 11 is 1.55. The normalized spacial score (nSPS) is 21.5. The third-order valence-electron chi connectivity index (χ3n) is 4.61. The number of ether oxygens (including phenoxy) is 1. The fourth-order valence-electron chi connectivity index (χ4n) is 3.26. The van der Waals surface area contributed by atoms with Gasteiger partial charge in [0.25, 0.3) is 0 Å². The van der Waals surface area contributed by atoms with Gasteiger partial charge in [0, 0.05) is 37.0 Å². The quantitative estimate of drug-likeness (QED) is 0.861. The summed E-state index contributed by atoms with van der Waals surface area (Å²) in [7, 11) is 0. The van der Waals surface area contributed by atoms with Crippen molar-refractivity contribution in [2.45, 2.75) is 38.3 Å². The first-order chi connectivity index (χ1) is 12.1. The Morgan fingerprint density at radius 3 is 2.88 bits per heavy atom. The molecule has 1 aromatic heterocycles. The molecule has 2 aromatic rings. The zero-order valence-electron chi connectivity index (χ0n) is 14.7. The first-order valence-electron chi connectivity index (χ1n) is 8.72.